The number of nitrogens with zero attached hydrogens (tertiary/aromatic N) is 2. The number of nitrogens with one attached hydrogen (secondary N) is 3. The first-order valence-corrected chi connectivity index (χ1v) is 9.22. The third-order valence-electron chi connectivity index (χ3n) is 4.40. The Morgan fingerprint density at radius 2 is 1.90 bits per heavy atom. The van der Waals surface area contributed by atoms with E-state index >= 15 is 0 Å². The van der Waals surface area contributed by atoms with E-state index in [1.807, 2.05) is 31.2 Å². The quantitative estimate of drug-likeness (QED) is 0.445. The molecule has 2 amide bonds. The molecule has 0 radical (unpaired) electrons. The fourth-order valence-electron chi connectivity index (χ4n) is 2.92. The predicted octanol–water partition coefficient (Wildman–Crippen LogP) is 1.33. The first-order valence-electron chi connectivity index (χ1n) is 9.22. The van der Waals surface area contributed by atoms with Crippen LogP contribution in [0.3, 0.4) is 0 Å². The van der Waals surface area contributed by atoms with E-state index in [9.17, 15) is 9.59 Å². The number of benzene rings is 2. The van der Waals surface area contributed by atoms with Crippen LogP contribution in [0.5, 0.6) is 11.5 Å². The number of hydrogen-bond acceptors (Lipinski definition) is 6. The monoisotopic (exact) mass is 408 g/mol. The summed E-state index contributed by atoms with van der Waals surface area (Å²) in [6.45, 7) is 2.13. The molecule has 2 heterocycles. The van der Waals surface area contributed by atoms with Crippen LogP contribution in [0.2, 0.25) is 0 Å². The maximum atomic E-state index is 12.3. The second kappa shape index (κ2) is 8.11. The number of fused-ring (bicyclic) bond motifs is 1. The van der Waals surface area contributed by atoms with Gasteiger partial charge in [-0.1, -0.05) is 17.7 Å². The number of rotatable bonds is 4. The number of guanidine groups is 2. The van der Waals surface area contributed by atoms with Crippen molar-refractivity contribution in [3.63, 3.8) is 0 Å². The molecular weight excluding hydrogens is 388 g/mol. The number of carbonyl (C=O) groups is 2. The Balaban J connectivity index is 1.35. The Bertz CT molecular complexity index is 1050. The zero-order valence-electron chi connectivity index (χ0n) is 16.1. The van der Waals surface area contributed by atoms with Crippen molar-refractivity contribution >= 4 is 35.1 Å². The van der Waals surface area contributed by atoms with Gasteiger partial charge in [-0.3, -0.25) is 14.9 Å². The van der Waals surface area contributed by atoms with Crippen molar-refractivity contribution in [3.05, 3.63) is 48.0 Å². The molecule has 0 saturated carbocycles. The lowest BCUT2D eigenvalue weighted by Crippen LogP contribution is -2.32. The number of aliphatic imine (C=N–C) groups is 2. The molecule has 0 fully saturated rings. The van der Waals surface area contributed by atoms with E-state index in [0.717, 1.165) is 11.3 Å². The van der Waals surface area contributed by atoms with Crippen LogP contribution in [0.25, 0.3) is 0 Å². The molecule has 0 bridgehead atoms. The summed E-state index contributed by atoms with van der Waals surface area (Å²) in [7, 11) is 0. The molecule has 0 saturated heterocycles. The van der Waals surface area contributed by atoms with Gasteiger partial charge in [0.1, 0.15) is 6.04 Å². The maximum Gasteiger partial charge on any atom is 0.252 e. The molecule has 10 nitrogen and oxygen atoms in total. The Hall–Kier alpha value is -4.08. The first kappa shape index (κ1) is 19.2. The van der Waals surface area contributed by atoms with E-state index in [1.165, 1.54) is 0 Å². The lowest BCUT2D eigenvalue weighted by Gasteiger charge is -2.07. The Labute approximate surface area is 172 Å². The number of nitrogens with two attached hydrogens (primary N) is 1. The molecular formula is C20H20N6O4. The highest BCUT2D eigenvalue weighted by Crippen LogP contribution is 2.34. The first-order chi connectivity index (χ1) is 14.5. The molecule has 30 heavy (non-hydrogen) atoms. The Morgan fingerprint density at radius 1 is 1.17 bits per heavy atom. The van der Waals surface area contributed by atoms with Gasteiger partial charge in [-0.2, -0.15) is 4.99 Å². The molecule has 5 N–H and O–H groups in total. The number of ether oxygens (including phenoxy) is 2. The fraction of sp³-hybridized carbons (Fsp3) is 0.200. The number of carbonyl (C=O) groups excluding carboxylic acids is 2. The highest BCUT2D eigenvalue weighted by molar-refractivity contribution is 6.11. The van der Waals surface area contributed by atoms with Crippen molar-refractivity contribution in [1.29, 1.82) is 0 Å². The molecule has 1 atom stereocenters. The molecule has 154 valence electrons. The highest BCUT2D eigenvalue weighted by atomic mass is 16.7. The van der Waals surface area contributed by atoms with Crippen LogP contribution in [0.1, 0.15) is 12.0 Å². The van der Waals surface area contributed by atoms with Crippen molar-refractivity contribution in [3.8, 4) is 11.5 Å². The topological polar surface area (TPSA) is 139 Å². The lowest BCUT2D eigenvalue weighted by atomic mass is 10.2. The van der Waals surface area contributed by atoms with Crippen LogP contribution >= 0.6 is 0 Å². The van der Waals surface area contributed by atoms with Gasteiger partial charge >= 0.3 is 0 Å². The summed E-state index contributed by atoms with van der Waals surface area (Å²) in [6, 6.07) is 11.7. The van der Waals surface area contributed by atoms with Crippen LogP contribution in [-0.2, 0) is 9.59 Å². The summed E-state index contributed by atoms with van der Waals surface area (Å²) in [4.78, 5) is 32.6. The standard InChI is InChI=1S/C20H20N6O4/c1-11-2-4-12(5-3-11)23-19(21)26-20-24-14(18(28)25-20)9-17(27)22-13-6-7-15-16(8-13)30-10-29-15/h2-8,14H,9-10H2,1H3,(H,22,27)(H4,21,23,24,25,26,28). The predicted molar refractivity (Wildman–Crippen MR) is 112 cm³/mol. The average molecular weight is 408 g/mol. The third kappa shape index (κ3) is 4.49. The molecule has 2 aromatic carbocycles. The molecule has 4 rings (SSSR count). The average Bonchev–Trinajstić information content (AvgIpc) is 3.29. The molecule has 2 aromatic rings. The number of anilines is 2. The van der Waals surface area contributed by atoms with E-state index in [0.29, 0.717) is 17.2 Å². The van der Waals surface area contributed by atoms with Crippen molar-refractivity contribution < 1.29 is 19.1 Å². The van der Waals surface area contributed by atoms with E-state index in [1.54, 1.807) is 18.2 Å². The second-order valence-electron chi connectivity index (χ2n) is 6.77. The van der Waals surface area contributed by atoms with Gasteiger partial charge in [-0.05, 0) is 31.2 Å². The Kier molecular flexibility index (Phi) is 5.21. The van der Waals surface area contributed by atoms with Crippen molar-refractivity contribution in [2.24, 2.45) is 15.7 Å². The lowest BCUT2D eigenvalue weighted by molar-refractivity contribution is -0.123. The van der Waals surface area contributed by atoms with Gasteiger partial charge in [0.15, 0.2) is 11.5 Å². The third-order valence-corrected chi connectivity index (χ3v) is 4.40. The van der Waals surface area contributed by atoms with E-state index in [2.05, 4.69) is 25.9 Å². The molecule has 0 aliphatic carbocycles. The van der Waals surface area contributed by atoms with Crippen LogP contribution < -0.4 is 31.2 Å². The van der Waals surface area contributed by atoms with E-state index in [4.69, 9.17) is 15.2 Å². The van der Waals surface area contributed by atoms with Gasteiger partial charge in [0, 0.05) is 17.4 Å². The molecule has 0 spiro atoms. The van der Waals surface area contributed by atoms with Gasteiger partial charge in [0.25, 0.3) is 5.91 Å². The Morgan fingerprint density at radius 3 is 2.70 bits per heavy atom. The van der Waals surface area contributed by atoms with Gasteiger partial charge in [-0.25, -0.2) is 4.99 Å². The van der Waals surface area contributed by atoms with Crippen LogP contribution in [0.4, 0.5) is 11.4 Å². The van der Waals surface area contributed by atoms with Crippen LogP contribution in [-0.4, -0.2) is 36.6 Å². The maximum absolute atomic E-state index is 12.3. The molecule has 2 aliphatic rings. The summed E-state index contributed by atoms with van der Waals surface area (Å²) in [5, 5.41) is 8.15. The normalized spacial score (nSPS) is 17.4. The molecule has 1 unspecified atom stereocenters. The fourth-order valence-corrected chi connectivity index (χ4v) is 2.92. The summed E-state index contributed by atoms with van der Waals surface area (Å²) < 4.78 is 10.5. The van der Waals surface area contributed by atoms with Crippen LogP contribution in [0, 0.1) is 6.92 Å². The summed E-state index contributed by atoms with van der Waals surface area (Å²) in [6.07, 6.45) is -0.134. The molecule has 2 aliphatic heterocycles. The zero-order valence-corrected chi connectivity index (χ0v) is 16.1. The number of amides is 2. The van der Waals surface area contributed by atoms with Crippen LogP contribution in [0.15, 0.2) is 52.4 Å². The van der Waals surface area contributed by atoms with E-state index < -0.39 is 11.9 Å². The largest absolute Gasteiger partial charge is 0.454 e. The van der Waals surface area contributed by atoms with Crippen molar-refractivity contribution in [2.45, 2.75) is 19.4 Å². The van der Waals surface area contributed by atoms with Gasteiger partial charge in [0.2, 0.25) is 24.6 Å². The number of hydrogen-bond donors (Lipinski definition) is 4. The summed E-state index contributed by atoms with van der Waals surface area (Å²) in [5.74, 6) is 0.512. The minimum absolute atomic E-state index is 0.0537. The van der Waals surface area contributed by atoms with E-state index in [-0.39, 0.29) is 31.0 Å². The van der Waals surface area contributed by atoms with Gasteiger partial charge in [-0.15, -0.1) is 0 Å². The van der Waals surface area contributed by atoms with Crippen molar-refractivity contribution in [2.75, 3.05) is 17.4 Å². The molecule has 10 heteroatoms. The SMILES string of the molecule is Cc1ccc(N/C(N)=N/C2=NC(CC(=O)Nc3ccc4c(c3)OCO4)C(=O)N2)cc1. The van der Waals surface area contributed by atoms with Crippen molar-refractivity contribution in [1.82, 2.24) is 5.32 Å². The minimum atomic E-state index is -0.884. The molecule has 0 aromatic heterocycles. The highest BCUT2D eigenvalue weighted by Gasteiger charge is 2.29. The number of aryl methyl sites for hydroxylation is 1. The minimum Gasteiger partial charge on any atom is -0.454 e. The summed E-state index contributed by atoms with van der Waals surface area (Å²) in [5.41, 5.74) is 8.28. The second-order valence-corrected chi connectivity index (χ2v) is 6.77. The smallest absolute Gasteiger partial charge is 0.252 e. The van der Waals surface area contributed by atoms with Gasteiger partial charge < -0.3 is 25.8 Å². The zero-order chi connectivity index (χ0) is 21.1. The summed E-state index contributed by atoms with van der Waals surface area (Å²) >= 11 is 0. The van der Waals surface area contributed by atoms with Gasteiger partial charge in [0.05, 0.1) is 6.42 Å².